The van der Waals surface area contributed by atoms with Gasteiger partial charge in [-0.3, -0.25) is 4.90 Å². The number of rotatable bonds is 4. The summed E-state index contributed by atoms with van der Waals surface area (Å²) in [5.41, 5.74) is 1.11. The number of hydrogen-bond acceptors (Lipinski definition) is 2. The molecule has 1 aliphatic heterocycles. The van der Waals surface area contributed by atoms with Gasteiger partial charge in [0.2, 0.25) is 0 Å². The molecule has 0 aromatic heterocycles. The number of halogens is 3. The molecule has 0 amide bonds. The Labute approximate surface area is 117 Å². The van der Waals surface area contributed by atoms with Crippen LogP contribution in [0.5, 0.6) is 5.75 Å². The Hall–Kier alpha value is -1.23. The SMILES string of the molecule is Cc1cccc(OCCN2CCCC(C(F)(F)F)C2)c1. The Kier molecular flexibility index (Phi) is 4.91. The van der Waals surface area contributed by atoms with E-state index in [1.165, 1.54) is 0 Å². The van der Waals surface area contributed by atoms with Crippen LogP contribution >= 0.6 is 0 Å². The first kappa shape index (κ1) is 15.2. The summed E-state index contributed by atoms with van der Waals surface area (Å²) in [6, 6.07) is 7.67. The zero-order chi connectivity index (χ0) is 14.6. The second-order valence-corrected chi connectivity index (χ2v) is 5.35. The highest BCUT2D eigenvalue weighted by Gasteiger charge is 2.41. The molecule has 1 aliphatic rings. The van der Waals surface area contributed by atoms with E-state index in [1.54, 1.807) is 0 Å². The van der Waals surface area contributed by atoms with Crippen molar-refractivity contribution in [3.8, 4) is 5.75 Å². The van der Waals surface area contributed by atoms with Crippen molar-refractivity contribution in [1.82, 2.24) is 4.90 Å². The summed E-state index contributed by atoms with van der Waals surface area (Å²) in [4.78, 5) is 1.84. The molecule has 0 N–H and O–H groups in total. The number of hydrogen-bond donors (Lipinski definition) is 0. The molecular weight excluding hydrogens is 267 g/mol. The van der Waals surface area contributed by atoms with Gasteiger partial charge in [-0.1, -0.05) is 12.1 Å². The van der Waals surface area contributed by atoms with Gasteiger partial charge in [-0.15, -0.1) is 0 Å². The number of likely N-dealkylation sites (tertiary alicyclic amines) is 1. The van der Waals surface area contributed by atoms with Crippen molar-refractivity contribution in [3.63, 3.8) is 0 Å². The Morgan fingerprint density at radius 3 is 2.85 bits per heavy atom. The van der Waals surface area contributed by atoms with E-state index in [9.17, 15) is 13.2 Å². The number of alkyl halides is 3. The van der Waals surface area contributed by atoms with E-state index < -0.39 is 12.1 Å². The summed E-state index contributed by atoms with van der Waals surface area (Å²) in [5.74, 6) is -0.412. The first-order valence-corrected chi connectivity index (χ1v) is 6.93. The predicted octanol–water partition coefficient (Wildman–Crippen LogP) is 3.65. The molecular formula is C15H20F3NO. The smallest absolute Gasteiger partial charge is 0.393 e. The van der Waals surface area contributed by atoms with Gasteiger partial charge in [0.25, 0.3) is 0 Å². The summed E-state index contributed by atoms with van der Waals surface area (Å²) in [5, 5.41) is 0. The molecule has 5 heteroatoms. The van der Waals surface area contributed by atoms with Gasteiger partial charge < -0.3 is 4.74 Å². The molecule has 2 nitrogen and oxygen atoms in total. The van der Waals surface area contributed by atoms with Gasteiger partial charge in [-0.25, -0.2) is 0 Å². The second kappa shape index (κ2) is 6.48. The fourth-order valence-electron chi connectivity index (χ4n) is 2.52. The number of aryl methyl sites for hydroxylation is 1. The first-order chi connectivity index (χ1) is 9.45. The Bertz CT molecular complexity index is 433. The third kappa shape index (κ3) is 4.40. The van der Waals surface area contributed by atoms with Crippen LogP contribution in [0, 0.1) is 12.8 Å². The molecule has 1 aromatic rings. The molecule has 1 aromatic carbocycles. The van der Waals surface area contributed by atoms with Crippen molar-refractivity contribution in [3.05, 3.63) is 29.8 Å². The van der Waals surface area contributed by atoms with Crippen LogP contribution in [0.1, 0.15) is 18.4 Å². The molecule has 1 atom stereocenters. The molecule has 0 saturated carbocycles. The molecule has 1 fully saturated rings. The van der Waals surface area contributed by atoms with Crippen LogP contribution in [0.15, 0.2) is 24.3 Å². The van der Waals surface area contributed by atoms with E-state index in [4.69, 9.17) is 4.74 Å². The molecule has 0 bridgehead atoms. The summed E-state index contributed by atoms with van der Waals surface area (Å²) in [6.07, 6.45) is -3.22. The fraction of sp³-hybridized carbons (Fsp3) is 0.600. The molecule has 2 rings (SSSR count). The van der Waals surface area contributed by atoms with E-state index in [0.717, 1.165) is 17.9 Å². The van der Waals surface area contributed by atoms with Crippen molar-refractivity contribution < 1.29 is 17.9 Å². The summed E-state index contributed by atoms with van der Waals surface area (Å²) >= 11 is 0. The number of nitrogens with zero attached hydrogens (tertiary/aromatic N) is 1. The van der Waals surface area contributed by atoms with Crippen molar-refractivity contribution >= 4 is 0 Å². The number of piperidine rings is 1. The van der Waals surface area contributed by atoms with E-state index >= 15 is 0 Å². The summed E-state index contributed by atoms with van der Waals surface area (Å²) in [6.45, 7) is 3.77. The Balaban J connectivity index is 1.76. The van der Waals surface area contributed by atoms with Gasteiger partial charge >= 0.3 is 6.18 Å². The van der Waals surface area contributed by atoms with Crippen LogP contribution in [-0.4, -0.2) is 37.3 Å². The molecule has 0 spiro atoms. The van der Waals surface area contributed by atoms with Crippen molar-refractivity contribution in [1.29, 1.82) is 0 Å². The summed E-state index contributed by atoms with van der Waals surface area (Å²) in [7, 11) is 0. The molecule has 1 unspecified atom stereocenters. The quantitative estimate of drug-likeness (QED) is 0.838. The average molecular weight is 287 g/mol. The van der Waals surface area contributed by atoms with Crippen LogP contribution in [-0.2, 0) is 0 Å². The van der Waals surface area contributed by atoms with Crippen LogP contribution < -0.4 is 4.74 Å². The normalized spacial score (nSPS) is 20.9. The highest BCUT2D eigenvalue weighted by Crippen LogP contribution is 2.32. The lowest BCUT2D eigenvalue weighted by molar-refractivity contribution is -0.186. The van der Waals surface area contributed by atoms with Crippen LogP contribution in [0.2, 0.25) is 0 Å². The molecule has 0 radical (unpaired) electrons. The zero-order valence-electron chi connectivity index (χ0n) is 11.6. The molecule has 1 heterocycles. The van der Waals surface area contributed by atoms with Crippen molar-refractivity contribution in [2.24, 2.45) is 5.92 Å². The predicted molar refractivity (Wildman–Crippen MR) is 71.9 cm³/mol. The average Bonchev–Trinajstić information content (AvgIpc) is 2.38. The van der Waals surface area contributed by atoms with Gasteiger partial charge in [0.05, 0.1) is 5.92 Å². The minimum Gasteiger partial charge on any atom is -0.492 e. The van der Waals surface area contributed by atoms with E-state index in [-0.39, 0.29) is 13.0 Å². The summed E-state index contributed by atoms with van der Waals surface area (Å²) < 4.78 is 43.7. The van der Waals surface area contributed by atoms with Gasteiger partial charge in [0, 0.05) is 13.1 Å². The third-order valence-electron chi connectivity index (χ3n) is 3.63. The lowest BCUT2D eigenvalue weighted by atomic mass is 9.98. The van der Waals surface area contributed by atoms with Gasteiger partial charge in [0.1, 0.15) is 12.4 Å². The first-order valence-electron chi connectivity index (χ1n) is 6.93. The minimum absolute atomic E-state index is 0.0979. The number of benzene rings is 1. The van der Waals surface area contributed by atoms with Gasteiger partial charge in [-0.05, 0) is 44.0 Å². The van der Waals surface area contributed by atoms with E-state index in [2.05, 4.69) is 0 Å². The van der Waals surface area contributed by atoms with Crippen LogP contribution in [0.25, 0.3) is 0 Å². The van der Waals surface area contributed by atoms with E-state index in [0.29, 0.717) is 19.6 Å². The minimum atomic E-state index is -4.07. The highest BCUT2D eigenvalue weighted by atomic mass is 19.4. The monoisotopic (exact) mass is 287 g/mol. The topological polar surface area (TPSA) is 12.5 Å². The molecule has 1 saturated heterocycles. The molecule has 0 aliphatic carbocycles. The third-order valence-corrected chi connectivity index (χ3v) is 3.63. The van der Waals surface area contributed by atoms with Gasteiger partial charge in [0.15, 0.2) is 0 Å². The van der Waals surface area contributed by atoms with Crippen LogP contribution in [0.4, 0.5) is 13.2 Å². The zero-order valence-corrected chi connectivity index (χ0v) is 11.6. The van der Waals surface area contributed by atoms with Crippen molar-refractivity contribution in [2.75, 3.05) is 26.2 Å². The Morgan fingerprint density at radius 2 is 2.15 bits per heavy atom. The highest BCUT2D eigenvalue weighted by molar-refractivity contribution is 5.27. The largest absolute Gasteiger partial charge is 0.492 e. The number of ether oxygens (including phenoxy) is 1. The lowest BCUT2D eigenvalue weighted by Gasteiger charge is -2.33. The molecule has 112 valence electrons. The van der Waals surface area contributed by atoms with Gasteiger partial charge in [-0.2, -0.15) is 13.2 Å². The fourth-order valence-corrected chi connectivity index (χ4v) is 2.52. The standard InChI is InChI=1S/C15H20F3NO/c1-12-4-2-6-14(10-12)20-9-8-19-7-3-5-13(11-19)15(16,17)18/h2,4,6,10,13H,3,5,7-9,11H2,1H3. The maximum atomic E-state index is 12.7. The van der Waals surface area contributed by atoms with E-state index in [1.807, 2.05) is 36.1 Å². The van der Waals surface area contributed by atoms with Crippen molar-refractivity contribution in [2.45, 2.75) is 25.9 Å². The molecule has 20 heavy (non-hydrogen) atoms. The Morgan fingerprint density at radius 1 is 1.35 bits per heavy atom. The lowest BCUT2D eigenvalue weighted by Crippen LogP contribution is -2.43. The maximum absolute atomic E-state index is 12.7. The van der Waals surface area contributed by atoms with Crippen LogP contribution in [0.3, 0.4) is 0 Å². The second-order valence-electron chi connectivity index (χ2n) is 5.35. The maximum Gasteiger partial charge on any atom is 0.393 e.